The van der Waals surface area contributed by atoms with Crippen molar-refractivity contribution in [2.24, 2.45) is 5.41 Å². The Morgan fingerprint density at radius 1 is 1.27 bits per heavy atom. The molecule has 1 unspecified atom stereocenters. The molecule has 1 aromatic carbocycles. The van der Waals surface area contributed by atoms with Gasteiger partial charge in [-0.15, -0.1) is 0 Å². The molecule has 0 saturated carbocycles. The van der Waals surface area contributed by atoms with Crippen LogP contribution < -0.4 is 5.32 Å². The molecule has 0 saturated heterocycles. The number of carbonyl (C=O) groups is 1. The molecular formula is C30H36F3N3O. The molecule has 1 amide bonds. The highest BCUT2D eigenvalue weighted by Gasteiger charge is 2.32. The molecule has 1 aromatic heterocycles. The molecule has 37 heavy (non-hydrogen) atoms. The quantitative estimate of drug-likeness (QED) is 0.285. The first-order valence-electron chi connectivity index (χ1n) is 12.6. The predicted octanol–water partition coefficient (Wildman–Crippen LogP) is 8.45. The third-order valence-electron chi connectivity index (χ3n) is 6.93. The zero-order chi connectivity index (χ0) is 27.2. The molecule has 3 rings (SSSR count). The maximum absolute atomic E-state index is 12.9. The summed E-state index contributed by atoms with van der Waals surface area (Å²) in [5, 5.41) is 2.51. The summed E-state index contributed by atoms with van der Waals surface area (Å²) in [6, 6.07) is 4.96. The van der Waals surface area contributed by atoms with E-state index >= 15 is 0 Å². The monoisotopic (exact) mass is 511 g/mol. The highest BCUT2D eigenvalue weighted by atomic mass is 19.4. The predicted molar refractivity (Wildman–Crippen MR) is 143 cm³/mol. The van der Waals surface area contributed by atoms with Crippen molar-refractivity contribution in [3.05, 3.63) is 95.1 Å². The van der Waals surface area contributed by atoms with Crippen LogP contribution >= 0.6 is 0 Å². The largest absolute Gasteiger partial charge is 0.416 e. The van der Waals surface area contributed by atoms with E-state index in [9.17, 15) is 18.0 Å². The molecule has 0 bridgehead atoms. The third-order valence-corrected chi connectivity index (χ3v) is 6.93. The number of benzene rings is 1. The zero-order valence-electron chi connectivity index (χ0n) is 22.2. The zero-order valence-corrected chi connectivity index (χ0v) is 22.2. The number of nitrogens with zero attached hydrogens (tertiary/aromatic N) is 2. The van der Waals surface area contributed by atoms with Crippen LogP contribution in [-0.2, 0) is 11.0 Å². The summed E-state index contributed by atoms with van der Waals surface area (Å²) in [5.74, 6) is -0.438. The molecule has 1 aliphatic rings. The molecule has 198 valence electrons. The van der Waals surface area contributed by atoms with E-state index in [-0.39, 0.29) is 11.1 Å². The van der Waals surface area contributed by atoms with Gasteiger partial charge in [-0.05, 0) is 81.2 Å². The Morgan fingerprint density at radius 3 is 2.70 bits per heavy atom. The molecule has 2 aromatic rings. The first-order valence-corrected chi connectivity index (χ1v) is 12.6. The fourth-order valence-electron chi connectivity index (χ4n) is 4.80. The summed E-state index contributed by atoms with van der Waals surface area (Å²) in [6.07, 6.45) is 12.9. The summed E-state index contributed by atoms with van der Waals surface area (Å²) in [6.45, 7) is 10.7. The van der Waals surface area contributed by atoms with Crippen LogP contribution in [0, 0.1) is 5.41 Å². The molecule has 1 atom stereocenters. The average Bonchev–Trinajstić information content (AvgIpc) is 3.32. The fourth-order valence-corrected chi connectivity index (χ4v) is 4.80. The molecule has 1 aliphatic carbocycles. The standard InChI is InChI=1S/C30H36F3N3O/c1-21(12-13-26-23(3)27(14-15-29(26,4)5)36-17-16-34-20-36)8-6-9-22(2)18-28(37)35-25-11-7-10-24(19-25)30(31,32)33/h7-8,10-13,16-20,27H,6,9,14-15H2,1-5H3,(H,35,37). The normalized spacial score (nSPS) is 19.0. The Morgan fingerprint density at radius 2 is 2.03 bits per heavy atom. The van der Waals surface area contributed by atoms with Gasteiger partial charge in [-0.1, -0.05) is 49.3 Å². The van der Waals surface area contributed by atoms with Crippen LogP contribution in [0.2, 0.25) is 0 Å². The number of anilines is 1. The lowest BCUT2D eigenvalue weighted by Crippen LogP contribution is -2.25. The molecule has 0 spiro atoms. The van der Waals surface area contributed by atoms with Crippen LogP contribution in [-0.4, -0.2) is 15.5 Å². The second-order valence-electron chi connectivity index (χ2n) is 10.4. The molecular weight excluding hydrogens is 475 g/mol. The van der Waals surface area contributed by atoms with E-state index in [0.29, 0.717) is 12.5 Å². The van der Waals surface area contributed by atoms with Crippen molar-refractivity contribution < 1.29 is 18.0 Å². The number of allylic oxidation sites excluding steroid dienone is 7. The Labute approximate surface area is 217 Å². The van der Waals surface area contributed by atoms with Crippen LogP contribution in [0.4, 0.5) is 18.9 Å². The molecule has 0 aliphatic heterocycles. The number of nitrogens with one attached hydrogen (secondary N) is 1. The summed E-state index contributed by atoms with van der Waals surface area (Å²) >= 11 is 0. The van der Waals surface area contributed by atoms with Gasteiger partial charge in [-0.25, -0.2) is 4.98 Å². The third kappa shape index (κ3) is 7.81. The van der Waals surface area contributed by atoms with Crippen molar-refractivity contribution >= 4 is 11.6 Å². The minimum atomic E-state index is -4.45. The molecule has 7 heteroatoms. The molecule has 1 heterocycles. The number of aromatic nitrogens is 2. The fraction of sp³-hybridized carbons (Fsp3) is 0.400. The summed E-state index contributed by atoms with van der Waals surface area (Å²) < 4.78 is 40.8. The van der Waals surface area contributed by atoms with Gasteiger partial charge in [-0.2, -0.15) is 13.2 Å². The van der Waals surface area contributed by atoms with Gasteiger partial charge >= 0.3 is 6.18 Å². The average molecular weight is 512 g/mol. The van der Waals surface area contributed by atoms with Crippen molar-refractivity contribution in [2.75, 3.05) is 5.32 Å². The Kier molecular flexibility index (Phi) is 9.00. The number of imidazole rings is 1. The van der Waals surface area contributed by atoms with Crippen LogP contribution in [0.3, 0.4) is 0 Å². The topological polar surface area (TPSA) is 46.9 Å². The van der Waals surface area contributed by atoms with E-state index in [0.717, 1.165) is 42.5 Å². The van der Waals surface area contributed by atoms with Crippen molar-refractivity contribution in [1.82, 2.24) is 9.55 Å². The van der Waals surface area contributed by atoms with Gasteiger partial charge in [-0.3, -0.25) is 4.79 Å². The highest BCUT2D eigenvalue weighted by Crippen LogP contribution is 2.45. The van der Waals surface area contributed by atoms with Gasteiger partial charge in [0.1, 0.15) is 0 Å². The number of halogens is 3. The van der Waals surface area contributed by atoms with Gasteiger partial charge in [0.25, 0.3) is 0 Å². The van der Waals surface area contributed by atoms with Gasteiger partial charge in [0.2, 0.25) is 5.91 Å². The van der Waals surface area contributed by atoms with Crippen molar-refractivity contribution in [2.45, 2.75) is 72.5 Å². The second kappa shape index (κ2) is 11.8. The van der Waals surface area contributed by atoms with Gasteiger partial charge < -0.3 is 9.88 Å². The second-order valence-corrected chi connectivity index (χ2v) is 10.4. The number of hydrogen-bond donors (Lipinski definition) is 1. The lowest BCUT2D eigenvalue weighted by Gasteiger charge is -2.38. The molecule has 0 radical (unpaired) electrons. The van der Waals surface area contributed by atoms with Crippen molar-refractivity contribution in [3.63, 3.8) is 0 Å². The summed E-state index contributed by atoms with van der Waals surface area (Å²) in [4.78, 5) is 16.5. The number of alkyl halides is 3. The van der Waals surface area contributed by atoms with Crippen LogP contribution in [0.25, 0.3) is 0 Å². The van der Waals surface area contributed by atoms with Crippen molar-refractivity contribution in [3.8, 4) is 0 Å². The van der Waals surface area contributed by atoms with Crippen LogP contribution in [0.1, 0.15) is 71.9 Å². The maximum atomic E-state index is 12.9. The summed E-state index contributed by atoms with van der Waals surface area (Å²) in [5.41, 5.74) is 4.14. The molecule has 4 nitrogen and oxygen atoms in total. The van der Waals surface area contributed by atoms with Gasteiger partial charge in [0.05, 0.1) is 17.9 Å². The van der Waals surface area contributed by atoms with Gasteiger partial charge in [0, 0.05) is 24.2 Å². The maximum Gasteiger partial charge on any atom is 0.416 e. The molecule has 0 fully saturated rings. The lowest BCUT2D eigenvalue weighted by atomic mass is 9.71. The van der Waals surface area contributed by atoms with Gasteiger partial charge in [0.15, 0.2) is 0 Å². The van der Waals surface area contributed by atoms with Crippen LogP contribution in [0.15, 0.2) is 89.6 Å². The highest BCUT2D eigenvalue weighted by molar-refractivity contribution is 5.99. The van der Waals surface area contributed by atoms with E-state index in [4.69, 9.17) is 0 Å². The van der Waals surface area contributed by atoms with Crippen molar-refractivity contribution in [1.29, 1.82) is 0 Å². The smallest absolute Gasteiger partial charge is 0.330 e. The van der Waals surface area contributed by atoms with E-state index < -0.39 is 17.6 Å². The van der Waals surface area contributed by atoms with E-state index in [1.165, 1.54) is 29.4 Å². The SMILES string of the molecule is CC(C=CC1=C(C)C(n2ccnc2)CCC1(C)C)=CCCC(C)=CC(=O)Nc1cccc(C(F)(F)F)c1. The first-order chi connectivity index (χ1) is 17.4. The minimum Gasteiger partial charge on any atom is -0.330 e. The van der Waals surface area contributed by atoms with E-state index in [2.05, 4.69) is 60.8 Å². The number of carbonyl (C=O) groups excluding carboxylic acids is 1. The number of amides is 1. The Hall–Kier alpha value is -3.35. The summed E-state index contributed by atoms with van der Waals surface area (Å²) in [7, 11) is 0. The molecule has 1 N–H and O–H groups in total. The lowest BCUT2D eigenvalue weighted by molar-refractivity contribution is -0.137. The minimum absolute atomic E-state index is 0.101. The van der Waals surface area contributed by atoms with E-state index in [1.54, 1.807) is 0 Å². The van der Waals surface area contributed by atoms with E-state index in [1.807, 2.05) is 25.6 Å². The van der Waals surface area contributed by atoms with Crippen LogP contribution in [0.5, 0.6) is 0 Å². The Bertz CT molecular complexity index is 1210. The first kappa shape index (κ1) is 28.2. The number of rotatable bonds is 8. The number of hydrogen-bond acceptors (Lipinski definition) is 2. The Balaban J connectivity index is 1.59.